The van der Waals surface area contributed by atoms with Crippen LogP contribution in [0.2, 0.25) is 0 Å². The van der Waals surface area contributed by atoms with Crippen LogP contribution >= 0.6 is 0 Å². The third kappa shape index (κ3) is 7.32. The molecule has 0 spiro atoms. The molecule has 4 rings (SSSR count). The molecule has 6 N–H and O–H groups in total. The van der Waals surface area contributed by atoms with Crippen LogP contribution in [0.5, 0.6) is 5.75 Å². The fourth-order valence-corrected chi connectivity index (χ4v) is 5.00. The molecule has 0 radical (unpaired) electrons. The Hall–Kier alpha value is -4.70. The maximum Gasteiger partial charge on any atom is 0.336 e. The van der Waals surface area contributed by atoms with Crippen LogP contribution in [-0.4, -0.2) is 57.4 Å². The van der Waals surface area contributed by atoms with Gasteiger partial charge in [-0.05, 0) is 78.3 Å². The Morgan fingerprint density at radius 1 is 1.00 bits per heavy atom. The Morgan fingerprint density at radius 3 is 2.40 bits per heavy atom. The Labute approximate surface area is 244 Å². The predicted molar refractivity (Wildman–Crippen MR) is 158 cm³/mol. The van der Waals surface area contributed by atoms with Crippen LogP contribution in [0.1, 0.15) is 64.1 Å². The minimum atomic E-state index is -1.08. The highest BCUT2D eigenvalue weighted by atomic mass is 16.4. The molecule has 2 atom stereocenters. The maximum absolute atomic E-state index is 13.8. The van der Waals surface area contributed by atoms with E-state index in [0.717, 1.165) is 11.1 Å². The first-order valence-corrected chi connectivity index (χ1v) is 13.9. The summed E-state index contributed by atoms with van der Waals surface area (Å²) in [6.45, 7) is 4.09. The van der Waals surface area contributed by atoms with E-state index in [0.29, 0.717) is 42.6 Å². The van der Waals surface area contributed by atoms with Crippen molar-refractivity contribution in [3.63, 3.8) is 0 Å². The number of carbonyl (C=O) groups excluding carboxylic acids is 3. The molecule has 42 heavy (non-hydrogen) atoms. The zero-order chi connectivity index (χ0) is 30.4. The van der Waals surface area contributed by atoms with Crippen molar-refractivity contribution in [1.82, 2.24) is 10.2 Å². The van der Waals surface area contributed by atoms with Gasteiger partial charge in [0.2, 0.25) is 11.8 Å². The Morgan fingerprint density at radius 2 is 1.71 bits per heavy atom. The number of nitrogens with zero attached hydrogens (tertiary/aromatic N) is 1. The van der Waals surface area contributed by atoms with Gasteiger partial charge in [0.25, 0.3) is 5.91 Å². The predicted octanol–water partition coefficient (Wildman–Crippen LogP) is 3.52. The third-order valence-electron chi connectivity index (χ3n) is 7.39. The number of phenolic OH excluding ortho intramolecular Hbond substituents is 1. The number of rotatable bonds is 10. The number of aromatic hydroxyl groups is 1. The van der Waals surface area contributed by atoms with E-state index >= 15 is 0 Å². The number of aromatic carboxylic acids is 1. The molecular formula is C32H36N4O6. The fourth-order valence-electron chi connectivity index (χ4n) is 5.00. The molecule has 1 aliphatic heterocycles. The second-order valence-electron chi connectivity index (χ2n) is 10.9. The van der Waals surface area contributed by atoms with Gasteiger partial charge in [-0.3, -0.25) is 14.4 Å². The molecule has 0 unspecified atom stereocenters. The van der Waals surface area contributed by atoms with Crippen molar-refractivity contribution in [3.8, 4) is 5.75 Å². The molecule has 10 nitrogen and oxygen atoms in total. The number of carboxylic acids is 1. The quantitative estimate of drug-likeness (QED) is 0.248. The van der Waals surface area contributed by atoms with E-state index in [1.54, 1.807) is 60.7 Å². The summed E-state index contributed by atoms with van der Waals surface area (Å²) in [5.41, 5.74) is 9.00. The van der Waals surface area contributed by atoms with Gasteiger partial charge < -0.3 is 31.5 Å². The SMILES string of the molecule is CC(C)[C@H](N)C(=O)Nc1cc(Cc2ccc(O)cc2)cc(C(=O)N2CCC[C@H]2C(=O)NCc2ccccc2C(=O)O)c1. The van der Waals surface area contributed by atoms with Crippen molar-refractivity contribution in [2.45, 2.75) is 51.7 Å². The normalized spacial score (nSPS) is 15.3. The molecular weight excluding hydrogens is 536 g/mol. The fraction of sp³-hybridized carbons (Fsp3) is 0.312. The van der Waals surface area contributed by atoms with Crippen molar-refractivity contribution in [2.24, 2.45) is 11.7 Å². The zero-order valence-corrected chi connectivity index (χ0v) is 23.7. The van der Waals surface area contributed by atoms with Gasteiger partial charge in [0.1, 0.15) is 11.8 Å². The highest BCUT2D eigenvalue weighted by Gasteiger charge is 2.35. The number of carboxylic acid groups (broad SMARTS) is 1. The average molecular weight is 573 g/mol. The van der Waals surface area contributed by atoms with E-state index in [9.17, 15) is 29.4 Å². The largest absolute Gasteiger partial charge is 0.508 e. The highest BCUT2D eigenvalue weighted by Crippen LogP contribution is 2.25. The van der Waals surface area contributed by atoms with Gasteiger partial charge >= 0.3 is 5.97 Å². The van der Waals surface area contributed by atoms with Gasteiger partial charge in [0, 0.05) is 24.3 Å². The molecule has 1 aliphatic rings. The number of likely N-dealkylation sites (tertiary alicyclic amines) is 1. The minimum Gasteiger partial charge on any atom is -0.508 e. The molecule has 3 amide bonds. The molecule has 1 saturated heterocycles. The molecule has 0 saturated carbocycles. The summed E-state index contributed by atoms with van der Waals surface area (Å²) in [7, 11) is 0. The number of anilines is 1. The number of amides is 3. The smallest absolute Gasteiger partial charge is 0.336 e. The molecule has 1 heterocycles. The summed E-state index contributed by atoms with van der Waals surface area (Å²) in [6.07, 6.45) is 1.54. The molecule has 10 heteroatoms. The van der Waals surface area contributed by atoms with Gasteiger partial charge in [0.15, 0.2) is 0 Å². The number of hydrogen-bond acceptors (Lipinski definition) is 6. The molecule has 220 valence electrons. The summed E-state index contributed by atoms with van der Waals surface area (Å²) < 4.78 is 0. The van der Waals surface area contributed by atoms with Crippen LogP contribution in [0.3, 0.4) is 0 Å². The van der Waals surface area contributed by atoms with Crippen molar-refractivity contribution >= 4 is 29.4 Å². The first-order valence-electron chi connectivity index (χ1n) is 13.9. The zero-order valence-electron chi connectivity index (χ0n) is 23.7. The topological polar surface area (TPSA) is 162 Å². The highest BCUT2D eigenvalue weighted by molar-refractivity contribution is 6.01. The van der Waals surface area contributed by atoms with Gasteiger partial charge in [-0.2, -0.15) is 0 Å². The lowest BCUT2D eigenvalue weighted by Gasteiger charge is -2.25. The van der Waals surface area contributed by atoms with Crippen molar-refractivity contribution in [2.75, 3.05) is 11.9 Å². The molecule has 0 aliphatic carbocycles. The molecule has 0 bridgehead atoms. The van der Waals surface area contributed by atoms with Gasteiger partial charge in [-0.15, -0.1) is 0 Å². The van der Waals surface area contributed by atoms with Crippen LogP contribution in [0.4, 0.5) is 5.69 Å². The number of benzene rings is 3. The average Bonchev–Trinajstić information content (AvgIpc) is 3.46. The van der Waals surface area contributed by atoms with Crippen molar-refractivity contribution in [3.05, 3.63) is 94.5 Å². The van der Waals surface area contributed by atoms with Crippen molar-refractivity contribution in [1.29, 1.82) is 0 Å². The van der Waals surface area contributed by atoms with Crippen LogP contribution in [0.25, 0.3) is 0 Å². The van der Waals surface area contributed by atoms with E-state index in [4.69, 9.17) is 5.73 Å². The second kappa shape index (κ2) is 13.3. The molecule has 3 aromatic carbocycles. The number of carbonyl (C=O) groups is 4. The van der Waals surface area contributed by atoms with Gasteiger partial charge in [-0.25, -0.2) is 4.79 Å². The standard InChI is InChI=1S/C32H36N4O6/c1-19(2)28(33)30(39)35-24-16-21(14-20-9-11-25(37)12-10-20)15-23(17-24)31(40)36-13-5-8-27(36)29(38)34-18-22-6-3-4-7-26(22)32(41)42/h3-4,6-7,9-12,15-17,19,27-28,37H,5,8,13-14,18,33H2,1-2H3,(H,34,38)(H,35,39)(H,41,42)/t27-,28-/m0/s1. The van der Waals surface area contributed by atoms with Crippen LogP contribution in [0.15, 0.2) is 66.7 Å². The lowest BCUT2D eigenvalue weighted by Crippen LogP contribution is -2.45. The van der Waals surface area contributed by atoms with Gasteiger partial charge in [0.05, 0.1) is 11.6 Å². The lowest BCUT2D eigenvalue weighted by molar-refractivity contribution is -0.125. The number of nitrogens with one attached hydrogen (secondary N) is 2. The van der Waals surface area contributed by atoms with E-state index < -0.39 is 18.1 Å². The maximum atomic E-state index is 13.8. The first-order chi connectivity index (χ1) is 20.0. The monoisotopic (exact) mass is 572 g/mol. The second-order valence-corrected chi connectivity index (χ2v) is 10.9. The van der Waals surface area contributed by atoms with E-state index in [-0.39, 0.29) is 41.5 Å². The van der Waals surface area contributed by atoms with Crippen LogP contribution in [-0.2, 0) is 22.6 Å². The van der Waals surface area contributed by atoms with Crippen LogP contribution < -0.4 is 16.4 Å². The Kier molecular flexibility index (Phi) is 9.59. The van der Waals surface area contributed by atoms with E-state index in [2.05, 4.69) is 10.6 Å². The summed E-state index contributed by atoms with van der Waals surface area (Å²) in [5.74, 6) is -2.11. The number of hydrogen-bond donors (Lipinski definition) is 5. The summed E-state index contributed by atoms with van der Waals surface area (Å²) in [4.78, 5) is 52.8. The molecule has 0 aromatic heterocycles. The van der Waals surface area contributed by atoms with E-state index in [1.165, 1.54) is 11.0 Å². The molecule has 1 fully saturated rings. The Bertz CT molecular complexity index is 1470. The first kappa shape index (κ1) is 30.3. The summed E-state index contributed by atoms with van der Waals surface area (Å²) in [5, 5.41) is 24.7. The lowest BCUT2D eigenvalue weighted by atomic mass is 10.00. The van der Waals surface area contributed by atoms with Gasteiger partial charge in [-0.1, -0.05) is 44.2 Å². The van der Waals surface area contributed by atoms with E-state index in [1.807, 2.05) is 13.8 Å². The summed E-state index contributed by atoms with van der Waals surface area (Å²) in [6, 6.07) is 16.8. The molecule has 3 aromatic rings. The Balaban J connectivity index is 1.56. The number of phenols is 1. The number of nitrogens with two attached hydrogens (primary N) is 1. The minimum absolute atomic E-state index is 0.0221. The summed E-state index contributed by atoms with van der Waals surface area (Å²) >= 11 is 0. The van der Waals surface area contributed by atoms with Crippen molar-refractivity contribution < 1.29 is 29.4 Å². The third-order valence-corrected chi connectivity index (χ3v) is 7.39. The van der Waals surface area contributed by atoms with Crippen LogP contribution in [0, 0.1) is 5.92 Å².